The summed E-state index contributed by atoms with van der Waals surface area (Å²) in [6, 6.07) is 0.395. The largest absolute Gasteiger partial charge is 0.352 e. The Balaban J connectivity index is 2.29. The van der Waals surface area contributed by atoms with E-state index in [-0.39, 0.29) is 5.56 Å². The van der Waals surface area contributed by atoms with Crippen LogP contribution >= 0.6 is 27.5 Å². The van der Waals surface area contributed by atoms with Crippen LogP contribution in [0.1, 0.15) is 25.7 Å². The van der Waals surface area contributed by atoms with Crippen molar-refractivity contribution < 1.29 is 0 Å². The number of halogens is 2. The number of rotatable bonds is 3. The monoisotopic (exact) mass is 319 g/mol. The lowest BCUT2D eigenvalue weighted by Gasteiger charge is -2.36. The maximum Gasteiger partial charge on any atom is 0.267 e. The van der Waals surface area contributed by atoms with Crippen molar-refractivity contribution in [3.63, 3.8) is 0 Å². The quantitative estimate of drug-likeness (QED) is 0.871. The van der Waals surface area contributed by atoms with Crippen LogP contribution in [-0.2, 0) is 0 Å². The third-order valence-electron chi connectivity index (χ3n) is 3.12. The average Bonchev–Trinajstić information content (AvgIpc) is 2.34. The summed E-state index contributed by atoms with van der Waals surface area (Å²) in [6.07, 6.45) is 5.86. The molecule has 1 N–H and O–H groups in total. The van der Waals surface area contributed by atoms with Crippen molar-refractivity contribution in [3.05, 3.63) is 21.2 Å². The van der Waals surface area contributed by atoms with Gasteiger partial charge >= 0.3 is 0 Å². The number of anilines is 1. The van der Waals surface area contributed by atoms with Crippen LogP contribution in [-0.4, -0.2) is 28.4 Å². The van der Waals surface area contributed by atoms with Gasteiger partial charge in [-0.2, -0.15) is 0 Å². The highest BCUT2D eigenvalue weighted by Gasteiger charge is 2.25. The van der Waals surface area contributed by atoms with E-state index in [0.717, 1.165) is 31.6 Å². The molecule has 1 unspecified atom stereocenters. The van der Waals surface area contributed by atoms with E-state index in [2.05, 4.69) is 30.8 Å². The second kappa shape index (κ2) is 5.87. The molecule has 2 rings (SSSR count). The van der Waals surface area contributed by atoms with E-state index in [9.17, 15) is 4.79 Å². The zero-order valence-corrected chi connectivity index (χ0v) is 11.8. The van der Waals surface area contributed by atoms with Crippen LogP contribution in [0, 0.1) is 0 Å². The van der Waals surface area contributed by atoms with Gasteiger partial charge in [0.15, 0.2) is 5.82 Å². The molecule has 1 saturated heterocycles. The lowest BCUT2D eigenvalue weighted by molar-refractivity contribution is 0.447. The number of nitrogens with one attached hydrogen (secondary N) is 1. The van der Waals surface area contributed by atoms with Crippen molar-refractivity contribution in [1.29, 1.82) is 0 Å². The molecule has 0 saturated carbocycles. The Bertz CT molecular complexity index is 435. The van der Waals surface area contributed by atoms with Gasteiger partial charge in [0.05, 0.1) is 6.33 Å². The first-order chi connectivity index (χ1) is 8.24. The number of hydrogen-bond donors (Lipinski definition) is 1. The van der Waals surface area contributed by atoms with Crippen LogP contribution in [0.15, 0.2) is 15.6 Å². The molecule has 0 bridgehead atoms. The Labute approximate surface area is 114 Å². The van der Waals surface area contributed by atoms with Crippen molar-refractivity contribution in [3.8, 4) is 0 Å². The molecule has 0 amide bonds. The highest BCUT2D eigenvalue weighted by molar-refractivity contribution is 9.10. The van der Waals surface area contributed by atoms with Gasteiger partial charge < -0.3 is 9.88 Å². The molecule has 94 valence electrons. The highest BCUT2D eigenvalue weighted by atomic mass is 79.9. The summed E-state index contributed by atoms with van der Waals surface area (Å²) < 4.78 is 0.515. The standard InChI is InChI=1S/C11H15BrClN3O/c12-9-10(14-7-15-11(9)17)16-6-2-1-3-8(16)4-5-13/h7-8H,1-6H2,(H,14,15,17). The topological polar surface area (TPSA) is 49.0 Å². The third-order valence-corrected chi connectivity index (χ3v) is 4.05. The molecule has 0 radical (unpaired) electrons. The molecule has 2 heterocycles. The van der Waals surface area contributed by atoms with Gasteiger partial charge in [-0.25, -0.2) is 4.98 Å². The van der Waals surface area contributed by atoms with Gasteiger partial charge in [-0.3, -0.25) is 4.79 Å². The zero-order valence-electron chi connectivity index (χ0n) is 9.46. The van der Waals surface area contributed by atoms with Crippen molar-refractivity contribution in [2.75, 3.05) is 17.3 Å². The smallest absolute Gasteiger partial charge is 0.267 e. The summed E-state index contributed by atoms with van der Waals surface area (Å²) in [6.45, 7) is 0.941. The first kappa shape index (κ1) is 12.9. The molecular weight excluding hydrogens is 305 g/mol. The molecule has 0 spiro atoms. The predicted octanol–water partition coefficient (Wildman–Crippen LogP) is 2.52. The lowest BCUT2D eigenvalue weighted by Crippen LogP contribution is -2.41. The summed E-state index contributed by atoms with van der Waals surface area (Å²) in [5.41, 5.74) is -0.134. The normalized spacial score (nSPS) is 20.6. The Hall–Kier alpha value is -0.550. The first-order valence-electron chi connectivity index (χ1n) is 5.80. The van der Waals surface area contributed by atoms with E-state index in [1.807, 2.05) is 0 Å². The van der Waals surface area contributed by atoms with Gasteiger partial charge in [0, 0.05) is 18.5 Å². The van der Waals surface area contributed by atoms with Crippen LogP contribution in [0.3, 0.4) is 0 Å². The number of H-pyrrole nitrogens is 1. The van der Waals surface area contributed by atoms with E-state index in [1.54, 1.807) is 0 Å². The molecule has 1 aromatic heterocycles. The minimum atomic E-state index is -0.134. The Morgan fingerprint density at radius 3 is 3.18 bits per heavy atom. The maximum absolute atomic E-state index is 11.6. The molecule has 4 nitrogen and oxygen atoms in total. The Morgan fingerprint density at radius 2 is 2.41 bits per heavy atom. The zero-order chi connectivity index (χ0) is 12.3. The molecular formula is C11H15BrClN3O. The second-order valence-electron chi connectivity index (χ2n) is 4.19. The van der Waals surface area contributed by atoms with Crippen LogP contribution in [0.5, 0.6) is 0 Å². The summed E-state index contributed by atoms with van der Waals surface area (Å²) in [5.74, 6) is 1.38. The molecule has 1 atom stereocenters. The molecule has 17 heavy (non-hydrogen) atoms. The van der Waals surface area contributed by atoms with Gasteiger partial charge in [0.1, 0.15) is 4.47 Å². The van der Waals surface area contributed by atoms with Crippen molar-refractivity contribution in [2.24, 2.45) is 0 Å². The highest BCUT2D eigenvalue weighted by Crippen LogP contribution is 2.28. The fraction of sp³-hybridized carbons (Fsp3) is 0.636. The number of piperidine rings is 1. The van der Waals surface area contributed by atoms with Gasteiger partial charge in [0.2, 0.25) is 0 Å². The molecule has 1 fully saturated rings. The molecule has 6 heteroatoms. The van der Waals surface area contributed by atoms with E-state index < -0.39 is 0 Å². The molecule has 1 aromatic rings. The van der Waals surface area contributed by atoms with Crippen molar-refractivity contribution in [2.45, 2.75) is 31.7 Å². The molecule has 0 aliphatic carbocycles. The number of alkyl halides is 1. The first-order valence-corrected chi connectivity index (χ1v) is 7.12. The van der Waals surface area contributed by atoms with Gasteiger partial charge in [-0.05, 0) is 41.6 Å². The second-order valence-corrected chi connectivity index (χ2v) is 5.36. The maximum atomic E-state index is 11.6. The van der Waals surface area contributed by atoms with Gasteiger partial charge in [-0.1, -0.05) is 0 Å². The summed E-state index contributed by atoms with van der Waals surface area (Å²) in [4.78, 5) is 20.6. The Kier molecular flexibility index (Phi) is 4.45. The van der Waals surface area contributed by atoms with E-state index in [1.165, 1.54) is 12.7 Å². The van der Waals surface area contributed by atoms with E-state index in [0.29, 0.717) is 16.4 Å². The minimum Gasteiger partial charge on any atom is -0.352 e. The average molecular weight is 321 g/mol. The van der Waals surface area contributed by atoms with E-state index in [4.69, 9.17) is 11.6 Å². The van der Waals surface area contributed by atoms with Crippen molar-refractivity contribution in [1.82, 2.24) is 9.97 Å². The van der Waals surface area contributed by atoms with Crippen LogP contribution in [0.2, 0.25) is 0 Å². The van der Waals surface area contributed by atoms with E-state index >= 15 is 0 Å². The summed E-state index contributed by atoms with van der Waals surface area (Å²) >= 11 is 9.15. The van der Waals surface area contributed by atoms with Gasteiger partial charge in [-0.15, -0.1) is 11.6 Å². The van der Waals surface area contributed by atoms with Crippen LogP contribution in [0.25, 0.3) is 0 Å². The molecule has 1 aliphatic rings. The third kappa shape index (κ3) is 2.83. The fourth-order valence-electron chi connectivity index (χ4n) is 2.28. The number of nitrogens with zero attached hydrogens (tertiary/aromatic N) is 2. The molecule has 0 aromatic carbocycles. The minimum absolute atomic E-state index is 0.134. The summed E-state index contributed by atoms with van der Waals surface area (Å²) in [7, 11) is 0. The number of hydrogen-bond acceptors (Lipinski definition) is 3. The summed E-state index contributed by atoms with van der Waals surface area (Å²) in [5, 5.41) is 0. The number of aromatic amines is 1. The Morgan fingerprint density at radius 1 is 1.59 bits per heavy atom. The van der Waals surface area contributed by atoms with Crippen LogP contribution < -0.4 is 10.5 Å². The number of aromatic nitrogens is 2. The molecule has 1 aliphatic heterocycles. The SMILES string of the molecule is O=c1[nH]cnc(N2CCCCC2CCCl)c1Br. The van der Waals surface area contributed by atoms with Crippen LogP contribution in [0.4, 0.5) is 5.82 Å². The van der Waals surface area contributed by atoms with Crippen molar-refractivity contribution >= 4 is 33.3 Å². The lowest BCUT2D eigenvalue weighted by atomic mass is 10.00. The van der Waals surface area contributed by atoms with Gasteiger partial charge in [0.25, 0.3) is 5.56 Å². The predicted molar refractivity (Wildman–Crippen MR) is 72.9 cm³/mol. The fourth-order valence-corrected chi connectivity index (χ4v) is 2.98.